The van der Waals surface area contributed by atoms with E-state index in [1.807, 2.05) is 6.20 Å². The number of carbonyl (C=O) groups excluding carboxylic acids is 2. The summed E-state index contributed by atoms with van der Waals surface area (Å²) >= 11 is 2.89. The van der Waals surface area contributed by atoms with Crippen molar-refractivity contribution in [3.63, 3.8) is 0 Å². The van der Waals surface area contributed by atoms with Crippen LogP contribution < -0.4 is 10.6 Å². The predicted octanol–water partition coefficient (Wildman–Crippen LogP) is 4.35. The van der Waals surface area contributed by atoms with Crippen LogP contribution in [0.15, 0.2) is 17.6 Å². The average molecular weight is 463 g/mol. The number of hydrogen-bond donors (Lipinski definition) is 2. The Balaban J connectivity index is 1.57. The van der Waals surface area contributed by atoms with E-state index in [0.29, 0.717) is 29.6 Å². The van der Waals surface area contributed by atoms with Gasteiger partial charge < -0.3 is 19.9 Å². The summed E-state index contributed by atoms with van der Waals surface area (Å²) in [6, 6.07) is 0.519. The molecule has 1 amide bonds. The van der Waals surface area contributed by atoms with Crippen LogP contribution in [0.1, 0.15) is 74.3 Å². The van der Waals surface area contributed by atoms with E-state index in [4.69, 9.17) is 4.74 Å². The van der Waals surface area contributed by atoms with Crippen LogP contribution in [0.2, 0.25) is 0 Å². The van der Waals surface area contributed by atoms with Gasteiger partial charge in [0.15, 0.2) is 5.16 Å². The van der Waals surface area contributed by atoms with E-state index < -0.39 is 0 Å². The van der Waals surface area contributed by atoms with Gasteiger partial charge in [-0.1, -0.05) is 11.8 Å². The highest BCUT2D eigenvalue weighted by atomic mass is 32.2. The predicted molar refractivity (Wildman–Crippen MR) is 124 cm³/mol. The van der Waals surface area contributed by atoms with Crippen molar-refractivity contribution in [3.8, 4) is 0 Å². The van der Waals surface area contributed by atoms with Crippen LogP contribution in [0.25, 0.3) is 0 Å². The third-order valence-electron chi connectivity index (χ3n) is 5.48. The van der Waals surface area contributed by atoms with Crippen LogP contribution in [0.3, 0.4) is 0 Å². The van der Waals surface area contributed by atoms with Crippen molar-refractivity contribution in [1.29, 1.82) is 0 Å². The van der Waals surface area contributed by atoms with Gasteiger partial charge in [0.25, 0.3) is 0 Å². The molecule has 1 aliphatic heterocycles. The fourth-order valence-electron chi connectivity index (χ4n) is 4.37. The van der Waals surface area contributed by atoms with Gasteiger partial charge in [-0.15, -0.1) is 11.3 Å². The fraction of sp³-hybridized carbons (Fsp3) is 0.591. The molecule has 0 spiro atoms. The Hall–Kier alpha value is -1.84. The van der Waals surface area contributed by atoms with Gasteiger partial charge >= 0.3 is 5.97 Å². The summed E-state index contributed by atoms with van der Waals surface area (Å²) in [5.74, 6) is -0.285. The Morgan fingerprint density at radius 1 is 1.35 bits per heavy atom. The van der Waals surface area contributed by atoms with E-state index in [1.54, 1.807) is 13.1 Å². The Morgan fingerprint density at radius 3 is 2.77 bits per heavy atom. The SMILES string of the molecule is CCOC(=O)c1c(NC(=O)CSc2nccn2C2CC2)sc2c1CC(C)(C)NC2(C)C. The van der Waals surface area contributed by atoms with Gasteiger partial charge in [0.05, 0.1) is 17.9 Å². The van der Waals surface area contributed by atoms with Crippen molar-refractivity contribution >= 4 is 40.0 Å². The Morgan fingerprint density at radius 2 is 2.10 bits per heavy atom. The molecule has 2 aromatic rings. The number of nitrogens with zero attached hydrogens (tertiary/aromatic N) is 2. The number of imidazole rings is 1. The molecule has 4 rings (SSSR count). The molecule has 2 aromatic heterocycles. The zero-order valence-corrected chi connectivity index (χ0v) is 20.3. The molecule has 0 saturated heterocycles. The highest BCUT2D eigenvalue weighted by Gasteiger charge is 2.42. The molecule has 1 saturated carbocycles. The lowest BCUT2D eigenvalue weighted by molar-refractivity contribution is -0.113. The van der Waals surface area contributed by atoms with Crippen molar-refractivity contribution in [2.24, 2.45) is 0 Å². The van der Waals surface area contributed by atoms with E-state index in [2.05, 4.69) is 47.9 Å². The molecule has 0 bridgehead atoms. The lowest BCUT2D eigenvalue weighted by Crippen LogP contribution is -2.55. The largest absolute Gasteiger partial charge is 0.462 e. The van der Waals surface area contributed by atoms with E-state index in [9.17, 15) is 9.59 Å². The highest BCUT2D eigenvalue weighted by molar-refractivity contribution is 7.99. The number of hydrogen-bond acceptors (Lipinski definition) is 7. The smallest absolute Gasteiger partial charge is 0.341 e. The van der Waals surface area contributed by atoms with Crippen LogP contribution in [0, 0.1) is 0 Å². The second kappa shape index (κ2) is 8.26. The van der Waals surface area contributed by atoms with Crippen molar-refractivity contribution < 1.29 is 14.3 Å². The van der Waals surface area contributed by atoms with Crippen LogP contribution in [-0.4, -0.2) is 39.3 Å². The first-order chi connectivity index (χ1) is 14.6. The summed E-state index contributed by atoms with van der Waals surface area (Å²) in [5, 5.41) is 8.08. The summed E-state index contributed by atoms with van der Waals surface area (Å²) in [7, 11) is 0. The fourth-order valence-corrected chi connectivity index (χ4v) is 6.48. The third kappa shape index (κ3) is 4.68. The van der Waals surface area contributed by atoms with Crippen molar-refractivity contribution in [2.45, 2.75) is 76.2 Å². The van der Waals surface area contributed by atoms with E-state index >= 15 is 0 Å². The van der Waals surface area contributed by atoms with Crippen molar-refractivity contribution in [1.82, 2.24) is 14.9 Å². The van der Waals surface area contributed by atoms with Crippen LogP contribution in [-0.2, 0) is 21.5 Å². The standard InChI is InChI=1S/C22H30N4O3S2/c1-6-29-19(28)16-14-11-21(2,3)25-22(4,5)17(14)31-18(16)24-15(27)12-30-20-23-9-10-26(20)13-7-8-13/h9-10,13,25H,6-8,11-12H2,1-5H3,(H,24,27). The molecule has 0 radical (unpaired) electrons. The normalized spacial score (nSPS) is 19.0. The molecule has 168 valence electrons. The van der Waals surface area contributed by atoms with Crippen LogP contribution in [0.4, 0.5) is 5.00 Å². The van der Waals surface area contributed by atoms with Crippen LogP contribution >= 0.6 is 23.1 Å². The van der Waals surface area contributed by atoms with Gasteiger partial charge in [0, 0.05) is 34.4 Å². The number of ether oxygens (including phenoxy) is 1. The molecule has 2 N–H and O–H groups in total. The number of aromatic nitrogens is 2. The third-order valence-corrected chi connectivity index (χ3v) is 7.93. The Labute approximate surface area is 191 Å². The van der Waals surface area contributed by atoms with Gasteiger partial charge in [-0.25, -0.2) is 9.78 Å². The maximum Gasteiger partial charge on any atom is 0.341 e. The first-order valence-electron chi connectivity index (χ1n) is 10.7. The van der Waals surface area contributed by atoms with Gasteiger partial charge in [-0.3, -0.25) is 4.79 Å². The molecule has 31 heavy (non-hydrogen) atoms. The van der Waals surface area contributed by atoms with Crippen molar-refractivity contribution in [3.05, 3.63) is 28.4 Å². The first-order valence-corrected chi connectivity index (χ1v) is 12.5. The summed E-state index contributed by atoms with van der Waals surface area (Å²) < 4.78 is 7.50. The van der Waals surface area contributed by atoms with Gasteiger partial charge in [-0.2, -0.15) is 0 Å². The summed E-state index contributed by atoms with van der Waals surface area (Å²) in [5.41, 5.74) is 0.998. The number of esters is 1. The summed E-state index contributed by atoms with van der Waals surface area (Å²) in [6.07, 6.45) is 6.78. The van der Waals surface area contributed by atoms with Gasteiger partial charge in [0.1, 0.15) is 5.00 Å². The zero-order valence-electron chi connectivity index (χ0n) is 18.7. The molecule has 0 unspecified atom stereocenters. The first kappa shape index (κ1) is 22.4. The molecule has 1 fully saturated rings. The molecule has 2 aliphatic rings. The maximum atomic E-state index is 12.9. The average Bonchev–Trinajstić information content (AvgIpc) is 3.28. The van der Waals surface area contributed by atoms with E-state index in [-0.39, 0.29) is 28.7 Å². The monoisotopic (exact) mass is 462 g/mol. The maximum absolute atomic E-state index is 12.9. The number of thioether (sulfide) groups is 1. The lowest BCUT2D eigenvalue weighted by atomic mass is 9.81. The molecule has 1 aliphatic carbocycles. The molecule has 9 heteroatoms. The molecular formula is C22H30N4O3S2. The van der Waals surface area contributed by atoms with Gasteiger partial charge in [-0.05, 0) is 59.4 Å². The zero-order chi connectivity index (χ0) is 22.4. The minimum absolute atomic E-state index is 0.149. The molecular weight excluding hydrogens is 432 g/mol. The molecule has 7 nitrogen and oxygen atoms in total. The van der Waals surface area contributed by atoms with E-state index in [0.717, 1.165) is 15.6 Å². The van der Waals surface area contributed by atoms with Crippen LogP contribution in [0.5, 0.6) is 0 Å². The molecule has 0 atom stereocenters. The lowest BCUT2D eigenvalue weighted by Gasteiger charge is -2.42. The Kier molecular flexibility index (Phi) is 5.95. The second-order valence-electron chi connectivity index (χ2n) is 9.33. The second-order valence-corrected chi connectivity index (χ2v) is 11.3. The highest BCUT2D eigenvalue weighted by Crippen LogP contribution is 2.45. The number of carbonyl (C=O) groups is 2. The number of fused-ring (bicyclic) bond motifs is 1. The Bertz CT molecular complexity index is 1000. The number of rotatable bonds is 7. The molecule has 3 heterocycles. The van der Waals surface area contributed by atoms with Gasteiger partial charge in [0.2, 0.25) is 5.91 Å². The van der Waals surface area contributed by atoms with E-state index in [1.165, 1.54) is 35.9 Å². The summed E-state index contributed by atoms with van der Waals surface area (Å²) in [4.78, 5) is 31.1. The number of amides is 1. The summed E-state index contributed by atoms with van der Waals surface area (Å²) in [6.45, 7) is 10.6. The minimum atomic E-state index is -0.374. The quantitative estimate of drug-likeness (QED) is 0.470. The topological polar surface area (TPSA) is 85.2 Å². The molecule has 0 aromatic carbocycles. The van der Waals surface area contributed by atoms with Crippen molar-refractivity contribution in [2.75, 3.05) is 17.7 Å². The number of thiophene rings is 1. The number of nitrogens with one attached hydrogen (secondary N) is 2. The number of anilines is 1. The minimum Gasteiger partial charge on any atom is -0.462 e.